The predicted molar refractivity (Wildman–Crippen MR) is 115 cm³/mol. The summed E-state index contributed by atoms with van der Waals surface area (Å²) in [7, 11) is 1.28. The van der Waals surface area contributed by atoms with Crippen LogP contribution >= 0.6 is 11.6 Å². The Labute approximate surface area is 186 Å². The molecule has 0 saturated carbocycles. The Hall–Kier alpha value is -3.57. The molecular formula is C20H18ClF2N5O4. The molecule has 1 aromatic heterocycles. The van der Waals surface area contributed by atoms with Gasteiger partial charge >= 0.3 is 5.69 Å². The lowest BCUT2D eigenvalue weighted by atomic mass is 9.96. The molecule has 168 valence electrons. The van der Waals surface area contributed by atoms with E-state index in [1.54, 1.807) is 0 Å². The van der Waals surface area contributed by atoms with E-state index in [0.29, 0.717) is 5.69 Å². The molecule has 1 heterocycles. The largest absolute Gasteiger partial charge is 0.494 e. The average molecular weight is 466 g/mol. The minimum absolute atomic E-state index is 0.00435. The maximum Gasteiger partial charge on any atom is 0.307 e. The van der Waals surface area contributed by atoms with Gasteiger partial charge in [-0.2, -0.15) is 9.37 Å². The molecule has 3 N–H and O–H groups in total. The van der Waals surface area contributed by atoms with E-state index in [-0.39, 0.29) is 33.8 Å². The highest BCUT2D eigenvalue weighted by molar-refractivity contribution is 6.31. The van der Waals surface area contributed by atoms with Crippen LogP contribution < -0.4 is 15.4 Å². The van der Waals surface area contributed by atoms with Gasteiger partial charge in [-0.25, -0.2) is 9.37 Å². The number of nitrogens with one attached hydrogen (secondary N) is 2. The molecule has 0 aliphatic heterocycles. The quantitative estimate of drug-likeness (QED) is 0.327. The van der Waals surface area contributed by atoms with Crippen LogP contribution in [0.2, 0.25) is 5.02 Å². The molecule has 0 amide bonds. The highest BCUT2D eigenvalue weighted by Crippen LogP contribution is 2.35. The first-order valence-corrected chi connectivity index (χ1v) is 9.48. The zero-order valence-corrected chi connectivity index (χ0v) is 17.9. The van der Waals surface area contributed by atoms with Crippen molar-refractivity contribution < 1.29 is 23.5 Å². The van der Waals surface area contributed by atoms with Crippen LogP contribution in [0.4, 0.5) is 37.6 Å². The van der Waals surface area contributed by atoms with Gasteiger partial charge in [-0.1, -0.05) is 11.6 Å². The van der Waals surface area contributed by atoms with Gasteiger partial charge in [0, 0.05) is 29.6 Å². The number of nitro benzene ring substituents is 1. The van der Waals surface area contributed by atoms with Gasteiger partial charge < -0.3 is 20.5 Å². The summed E-state index contributed by atoms with van der Waals surface area (Å²) in [4.78, 5) is 18.5. The van der Waals surface area contributed by atoms with Crippen LogP contribution in [0.3, 0.4) is 0 Å². The number of hydrogen-bond acceptors (Lipinski definition) is 8. The molecule has 3 rings (SSSR count). The van der Waals surface area contributed by atoms with Crippen molar-refractivity contribution in [1.29, 1.82) is 0 Å². The Bertz CT molecular complexity index is 1190. The molecule has 9 nitrogen and oxygen atoms in total. The molecule has 0 unspecified atom stereocenters. The standard InChI is InChI=1S/C20H18ClF2N5O4/c1-20(2,29)10-6-12(22)11(21)7-14(10)25-18-4-5-24-19(27-18)26-15-9-16(28(30)31)13(23)8-17(15)32-3/h4-9,29H,1-3H3,(H2,24,25,26,27). The Morgan fingerprint density at radius 3 is 2.50 bits per heavy atom. The number of halogens is 3. The van der Waals surface area contributed by atoms with E-state index in [2.05, 4.69) is 20.6 Å². The van der Waals surface area contributed by atoms with Crippen molar-refractivity contribution in [2.45, 2.75) is 19.4 Å². The number of hydrogen-bond donors (Lipinski definition) is 3. The van der Waals surface area contributed by atoms with Crippen molar-refractivity contribution in [1.82, 2.24) is 9.97 Å². The minimum atomic E-state index is -1.39. The molecule has 0 atom stereocenters. The number of methoxy groups -OCH3 is 1. The van der Waals surface area contributed by atoms with Crippen molar-refractivity contribution in [3.05, 3.63) is 68.9 Å². The van der Waals surface area contributed by atoms with Crippen molar-refractivity contribution in [2.75, 3.05) is 17.7 Å². The fraction of sp³-hybridized carbons (Fsp3) is 0.200. The molecule has 0 fully saturated rings. The summed E-state index contributed by atoms with van der Waals surface area (Å²) in [5, 5.41) is 26.9. The number of aliphatic hydroxyl groups is 1. The van der Waals surface area contributed by atoms with Gasteiger partial charge in [-0.15, -0.1) is 0 Å². The molecule has 0 bridgehead atoms. The maximum absolute atomic E-state index is 13.9. The van der Waals surface area contributed by atoms with Crippen LogP contribution in [-0.4, -0.2) is 27.1 Å². The SMILES string of the molecule is COc1cc(F)c([N+](=O)[O-])cc1Nc1nccc(Nc2cc(Cl)c(F)cc2C(C)(C)O)n1. The van der Waals surface area contributed by atoms with Crippen molar-refractivity contribution >= 4 is 40.4 Å². The smallest absolute Gasteiger partial charge is 0.307 e. The summed E-state index contributed by atoms with van der Waals surface area (Å²) in [6.07, 6.45) is 1.39. The number of benzene rings is 2. The number of ether oxygens (including phenoxy) is 1. The lowest BCUT2D eigenvalue weighted by molar-refractivity contribution is -0.387. The van der Waals surface area contributed by atoms with Crippen LogP contribution in [0.5, 0.6) is 5.75 Å². The predicted octanol–water partition coefficient (Wildman–Crippen LogP) is 5.04. The molecular weight excluding hydrogens is 448 g/mol. The summed E-state index contributed by atoms with van der Waals surface area (Å²) in [6, 6.07) is 5.77. The van der Waals surface area contributed by atoms with Crippen molar-refractivity contribution in [2.24, 2.45) is 0 Å². The van der Waals surface area contributed by atoms with Crippen LogP contribution in [0.25, 0.3) is 0 Å². The van der Waals surface area contributed by atoms with Gasteiger partial charge in [-0.3, -0.25) is 10.1 Å². The zero-order valence-electron chi connectivity index (χ0n) is 17.1. The Morgan fingerprint density at radius 1 is 1.16 bits per heavy atom. The fourth-order valence-electron chi connectivity index (χ4n) is 2.85. The van der Waals surface area contributed by atoms with Gasteiger partial charge in [0.15, 0.2) is 0 Å². The van der Waals surface area contributed by atoms with Gasteiger partial charge in [0.1, 0.15) is 17.4 Å². The highest BCUT2D eigenvalue weighted by Gasteiger charge is 2.23. The minimum Gasteiger partial charge on any atom is -0.494 e. The van der Waals surface area contributed by atoms with Gasteiger partial charge in [-0.05, 0) is 32.0 Å². The van der Waals surface area contributed by atoms with E-state index >= 15 is 0 Å². The van der Waals surface area contributed by atoms with E-state index < -0.39 is 27.8 Å². The first-order chi connectivity index (χ1) is 15.0. The van der Waals surface area contributed by atoms with Crippen LogP contribution in [0, 0.1) is 21.7 Å². The van der Waals surface area contributed by atoms with E-state index in [0.717, 1.165) is 18.2 Å². The van der Waals surface area contributed by atoms with Crippen molar-refractivity contribution in [3.8, 4) is 5.75 Å². The number of nitro groups is 1. The summed E-state index contributed by atoms with van der Waals surface area (Å²) in [5.41, 5.74) is -1.52. The number of rotatable bonds is 7. The van der Waals surface area contributed by atoms with E-state index in [1.807, 2.05) is 0 Å². The van der Waals surface area contributed by atoms with Crippen LogP contribution in [0.1, 0.15) is 19.4 Å². The lowest BCUT2D eigenvalue weighted by Crippen LogP contribution is -2.18. The number of aromatic nitrogens is 2. The third kappa shape index (κ3) is 5.01. The maximum atomic E-state index is 13.9. The Kier molecular flexibility index (Phi) is 6.42. The zero-order chi connectivity index (χ0) is 23.6. The molecule has 2 aromatic carbocycles. The van der Waals surface area contributed by atoms with E-state index in [1.165, 1.54) is 39.3 Å². The Morgan fingerprint density at radius 2 is 1.88 bits per heavy atom. The molecule has 12 heteroatoms. The van der Waals surface area contributed by atoms with Crippen LogP contribution in [-0.2, 0) is 5.60 Å². The second kappa shape index (κ2) is 8.89. The first-order valence-electron chi connectivity index (χ1n) is 9.10. The first kappa shape index (κ1) is 23.1. The molecule has 0 spiro atoms. The second-order valence-electron chi connectivity index (χ2n) is 7.15. The Balaban J connectivity index is 1.95. The second-order valence-corrected chi connectivity index (χ2v) is 7.55. The molecule has 3 aromatic rings. The molecule has 0 aliphatic rings. The van der Waals surface area contributed by atoms with E-state index in [4.69, 9.17) is 16.3 Å². The monoisotopic (exact) mass is 465 g/mol. The van der Waals surface area contributed by atoms with Gasteiger partial charge in [0.05, 0.1) is 28.3 Å². The fourth-order valence-corrected chi connectivity index (χ4v) is 3.02. The number of nitrogens with zero attached hydrogens (tertiary/aromatic N) is 3. The summed E-state index contributed by atoms with van der Waals surface area (Å²) in [6.45, 7) is 2.98. The molecule has 32 heavy (non-hydrogen) atoms. The van der Waals surface area contributed by atoms with Gasteiger partial charge in [0.2, 0.25) is 11.8 Å². The lowest BCUT2D eigenvalue weighted by Gasteiger charge is -2.22. The van der Waals surface area contributed by atoms with Gasteiger partial charge in [0.25, 0.3) is 0 Å². The van der Waals surface area contributed by atoms with Crippen LogP contribution in [0.15, 0.2) is 36.5 Å². The summed E-state index contributed by atoms with van der Waals surface area (Å²) >= 11 is 5.89. The van der Waals surface area contributed by atoms with E-state index in [9.17, 15) is 24.0 Å². The number of anilines is 4. The third-order valence-electron chi connectivity index (χ3n) is 4.35. The topological polar surface area (TPSA) is 122 Å². The molecule has 0 aliphatic carbocycles. The molecule has 0 saturated heterocycles. The average Bonchev–Trinajstić information content (AvgIpc) is 2.70. The highest BCUT2D eigenvalue weighted by atomic mass is 35.5. The van der Waals surface area contributed by atoms with Crippen molar-refractivity contribution in [3.63, 3.8) is 0 Å². The summed E-state index contributed by atoms with van der Waals surface area (Å²) < 4.78 is 32.9. The normalized spacial score (nSPS) is 11.2. The summed E-state index contributed by atoms with van der Waals surface area (Å²) in [5.74, 6) is -1.49. The molecule has 0 radical (unpaired) electrons. The third-order valence-corrected chi connectivity index (χ3v) is 4.64.